The average molecular weight is 380 g/mol. The number of anilines is 1. The fraction of sp³-hybridized carbons (Fsp3) is 0.429. The van der Waals surface area contributed by atoms with Gasteiger partial charge in [-0.25, -0.2) is 9.97 Å². The maximum atomic E-state index is 10.9. The lowest BCUT2D eigenvalue weighted by Gasteiger charge is -2.26. The van der Waals surface area contributed by atoms with Crippen LogP contribution < -0.4 is 5.73 Å². The highest BCUT2D eigenvalue weighted by Crippen LogP contribution is 2.52. The first-order chi connectivity index (χ1) is 13.6. The van der Waals surface area contributed by atoms with Crippen molar-refractivity contribution in [3.63, 3.8) is 0 Å². The van der Waals surface area contributed by atoms with Crippen molar-refractivity contribution in [2.24, 2.45) is 5.41 Å². The highest BCUT2D eigenvalue weighted by atomic mass is 16.5. The maximum absolute atomic E-state index is 10.9. The largest absolute Gasteiger partial charge is 0.390 e. The van der Waals surface area contributed by atoms with E-state index in [1.165, 1.54) is 11.9 Å². The lowest BCUT2D eigenvalue weighted by Crippen LogP contribution is -2.37. The van der Waals surface area contributed by atoms with Crippen LogP contribution in [0.3, 0.4) is 0 Å². The van der Waals surface area contributed by atoms with E-state index in [-0.39, 0.29) is 12.1 Å². The molecule has 2 fully saturated rings. The summed E-state index contributed by atoms with van der Waals surface area (Å²) in [6.45, 7) is 0.454. The summed E-state index contributed by atoms with van der Waals surface area (Å²) in [6.07, 6.45) is 3.79. The summed E-state index contributed by atoms with van der Waals surface area (Å²) in [4.78, 5) is 8.36. The van der Waals surface area contributed by atoms with Gasteiger partial charge in [0.25, 0.3) is 0 Å². The third kappa shape index (κ3) is 2.70. The van der Waals surface area contributed by atoms with Gasteiger partial charge in [0.1, 0.15) is 23.9 Å². The van der Waals surface area contributed by atoms with Crippen molar-refractivity contribution in [3.05, 3.63) is 54.5 Å². The van der Waals surface area contributed by atoms with Crippen LogP contribution in [0, 0.1) is 5.41 Å². The van der Waals surface area contributed by atoms with Gasteiger partial charge in [0.05, 0.1) is 30.2 Å². The van der Waals surface area contributed by atoms with Gasteiger partial charge in [-0.05, 0) is 30.9 Å². The van der Waals surface area contributed by atoms with Crippen molar-refractivity contribution in [3.8, 4) is 0 Å². The second-order valence-electron chi connectivity index (χ2n) is 8.12. The Morgan fingerprint density at radius 3 is 2.79 bits per heavy atom. The predicted molar refractivity (Wildman–Crippen MR) is 105 cm³/mol. The fourth-order valence-electron chi connectivity index (χ4n) is 4.96. The number of rotatable bonds is 3. The number of aromatic nitrogens is 3. The zero-order chi connectivity index (χ0) is 19.3. The molecule has 3 aromatic rings. The van der Waals surface area contributed by atoms with E-state index in [1.807, 2.05) is 35.0 Å². The lowest BCUT2D eigenvalue weighted by atomic mass is 9.80. The smallest absolute Gasteiger partial charge is 0.145 e. The zero-order valence-corrected chi connectivity index (χ0v) is 15.5. The van der Waals surface area contributed by atoms with Crippen LogP contribution in [0.15, 0.2) is 48.9 Å². The normalized spacial score (nSPS) is 32.5. The van der Waals surface area contributed by atoms with Crippen molar-refractivity contribution in [1.82, 2.24) is 14.5 Å². The first-order valence-electron chi connectivity index (χ1n) is 9.66. The topological polar surface area (TPSA) is 106 Å². The minimum absolute atomic E-state index is 0.0439. The summed E-state index contributed by atoms with van der Waals surface area (Å²) in [5.41, 5.74) is 7.40. The summed E-state index contributed by atoms with van der Waals surface area (Å²) in [6, 6.07) is 11.8. The summed E-state index contributed by atoms with van der Waals surface area (Å²) < 4.78 is 7.98. The third-order valence-corrected chi connectivity index (χ3v) is 6.41. The minimum atomic E-state index is -0.883. The van der Waals surface area contributed by atoms with Crippen LogP contribution in [0.25, 0.3) is 11.0 Å². The second-order valence-corrected chi connectivity index (χ2v) is 8.12. The van der Waals surface area contributed by atoms with Gasteiger partial charge in [-0.3, -0.25) is 0 Å². The van der Waals surface area contributed by atoms with Crippen LogP contribution in [0.2, 0.25) is 0 Å². The molecule has 28 heavy (non-hydrogen) atoms. The Labute approximate surface area is 162 Å². The number of aliphatic hydroxyl groups is 2. The number of ether oxygens (including phenoxy) is 1. The zero-order valence-electron chi connectivity index (χ0n) is 15.5. The molecule has 4 N–H and O–H groups in total. The van der Waals surface area contributed by atoms with Crippen LogP contribution in [0.4, 0.5) is 5.82 Å². The molecule has 2 aliphatic rings. The number of hydrogen-bond donors (Lipinski definition) is 3. The number of fused-ring (bicyclic) bond motifs is 1. The molecule has 1 saturated carbocycles. The van der Waals surface area contributed by atoms with E-state index in [9.17, 15) is 10.2 Å². The Balaban J connectivity index is 1.40. The Morgan fingerprint density at radius 2 is 1.96 bits per heavy atom. The number of nitrogens with two attached hydrogens (primary N) is 1. The van der Waals surface area contributed by atoms with Gasteiger partial charge < -0.3 is 25.3 Å². The summed E-state index contributed by atoms with van der Waals surface area (Å²) >= 11 is 0. The second kappa shape index (κ2) is 6.55. The van der Waals surface area contributed by atoms with Gasteiger partial charge in [-0.1, -0.05) is 30.3 Å². The highest BCUT2D eigenvalue weighted by molar-refractivity contribution is 5.86. The van der Waals surface area contributed by atoms with Gasteiger partial charge in [-0.15, -0.1) is 0 Å². The molecule has 7 heteroatoms. The van der Waals surface area contributed by atoms with Gasteiger partial charge in [0.15, 0.2) is 0 Å². The van der Waals surface area contributed by atoms with E-state index >= 15 is 0 Å². The molecule has 1 aliphatic heterocycles. The lowest BCUT2D eigenvalue weighted by molar-refractivity contribution is -0.0308. The molecule has 0 amide bonds. The molecule has 1 spiro atoms. The minimum Gasteiger partial charge on any atom is -0.390 e. The van der Waals surface area contributed by atoms with E-state index in [4.69, 9.17) is 10.5 Å². The molecule has 0 radical (unpaired) electrons. The summed E-state index contributed by atoms with van der Waals surface area (Å²) in [5, 5.41) is 22.5. The standard InChI is InChI=1S/C21H24N4O3/c22-19-15-6-7-25(20(15)24-12-23-19)16-10-21(18(27)17(16)26)9-14(28-11-21)8-13-4-2-1-3-5-13/h1-7,12,14,16-18,26-27H,8-11H2,(H2,22,23,24)/t14-,16-,17+,18+,21+/m1/s1. The van der Waals surface area contributed by atoms with Crippen LogP contribution in [-0.2, 0) is 11.2 Å². The van der Waals surface area contributed by atoms with E-state index in [2.05, 4.69) is 22.1 Å². The van der Waals surface area contributed by atoms with E-state index in [0.29, 0.717) is 24.5 Å². The molecule has 1 saturated heterocycles. The molecule has 5 rings (SSSR count). The van der Waals surface area contributed by atoms with Gasteiger partial charge in [-0.2, -0.15) is 0 Å². The fourth-order valence-corrected chi connectivity index (χ4v) is 4.96. The van der Waals surface area contributed by atoms with Crippen LogP contribution in [0.5, 0.6) is 0 Å². The Morgan fingerprint density at radius 1 is 1.14 bits per heavy atom. The average Bonchev–Trinajstić information content (AvgIpc) is 3.37. The van der Waals surface area contributed by atoms with Gasteiger partial charge in [0, 0.05) is 11.6 Å². The van der Waals surface area contributed by atoms with Crippen LogP contribution in [-0.4, -0.2) is 49.7 Å². The SMILES string of the molecule is Nc1ncnc2c1ccn2[C@@H]1C[C@@]2(CO[C@H](Cc3ccccc3)C2)[C@@H](O)[C@H]1O. The molecule has 1 aliphatic carbocycles. The first kappa shape index (κ1) is 17.6. The number of aliphatic hydroxyl groups excluding tert-OH is 2. The van der Waals surface area contributed by atoms with Crippen molar-refractivity contribution < 1.29 is 14.9 Å². The summed E-state index contributed by atoms with van der Waals surface area (Å²) in [7, 11) is 0. The molecule has 2 aromatic heterocycles. The first-order valence-corrected chi connectivity index (χ1v) is 9.66. The van der Waals surface area contributed by atoms with E-state index < -0.39 is 17.6 Å². The van der Waals surface area contributed by atoms with Crippen LogP contribution >= 0.6 is 0 Å². The molecule has 7 nitrogen and oxygen atoms in total. The van der Waals surface area contributed by atoms with E-state index in [0.717, 1.165) is 18.2 Å². The quantitative estimate of drug-likeness (QED) is 0.639. The molecular weight excluding hydrogens is 356 g/mol. The predicted octanol–water partition coefficient (Wildman–Crippen LogP) is 1.70. The Kier molecular flexibility index (Phi) is 4.12. The molecular formula is C21H24N4O3. The van der Waals surface area contributed by atoms with Gasteiger partial charge >= 0.3 is 0 Å². The van der Waals surface area contributed by atoms with Crippen molar-refractivity contribution >= 4 is 16.9 Å². The molecule has 1 aromatic carbocycles. The van der Waals surface area contributed by atoms with Gasteiger partial charge in [0.2, 0.25) is 0 Å². The number of hydrogen-bond acceptors (Lipinski definition) is 6. The molecule has 3 heterocycles. The molecule has 5 atom stereocenters. The highest BCUT2D eigenvalue weighted by Gasteiger charge is 2.57. The van der Waals surface area contributed by atoms with Crippen molar-refractivity contribution in [2.75, 3.05) is 12.3 Å². The van der Waals surface area contributed by atoms with Crippen molar-refractivity contribution in [2.45, 2.75) is 43.6 Å². The number of nitrogen functional groups attached to an aromatic ring is 1. The monoisotopic (exact) mass is 380 g/mol. The Hall–Kier alpha value is -2.48. The molecule has 0 bridgehead atoms. The maximum Gasteiger partial charge on any atom is 0.145 e. The van der Waals surface area contributed by atoms with Crippen molar-refractivity contribution in [1.29, 1.82) is 0 Å². The van der Waals surface area contributed by atoms with Crippen LogP contribution in [0.1, 0.15) is 24.4 Å². The van der Waals surface area contributed by atoms with E-state index in [1.54, 1.807) is 0 Å². The molecule has 0 unspecified atom stereocenters. The number of benzene rings is 1. The molecule has 146 valence electrons. The summed E-state index contributed by atoms with van der Waals surface area (Å²) in [5.74, 6) is 0.415. The third-order valence-electron chi connectivity index (χ3n) is 6.41. The Bertz CT molecular complexity index is 992. The number of nitrogens with zero attached hydrogens (tertiary/aromatic N) is 3.